The molecule has 0 spiro atoms. The van der Waals surface area contributed by atoms with Gasteiger partial charge >= 0.3 is 0 Å². The molecule has 0 amide bonds. The third-order valence-electron chi connectivity index (χ3n) is 2.29. The molecule has 0 heterocycles. The monoisotopic (exact) mass is 232 g/mol. The molecule has 17 heavy (non-hydrogen) atoms. The van der Waals surface area contributed by atoms with Gasteiger partial charge in [-0.25, -0.2) is 0 Å². The molecule has 0 aromatic heterocycles. The second-order valence-electron chi connectivity index (χ2n) is 4.32. The Hall–Kier alpha value is -1.40. The Morgan fingerprint density at radius 2 is 2.00 bits per heavy atom. The Balaban J connectivity index is 3.81. The Kier molecular flexibility index (Phi) is 8.00. The minimum Gasteiger partial charge on any atom is -0.380 e. The molecular formula is C15H20O2. The number of rotatable bonds is 5. The molecule has 0 aliphatic rings. The molecule has 2 nitrogen and oxygen atoms in total. The predicted octanol–water partition coefficient (Wildman–Crippen LogP) is 1.83. The molecule has 0 saturated carbocycles. The maximum Gasteiger partial charge on any atom is 0.120 e. The zero-order valence-electron chi connectivity index (χ0n) is 10.8. The van der Waals surface area contributed by atoms with E-state index in [1.54, 1.807) is 6.92 Å². The maximum atomic E-state index is 9.54. The van der Waals surface area contributed by atoms with Crippen LogP contribution in [0.1, 0.15) is 33.6 Å². The van der Waals surface area contributed by atoms with Crippen LogP contribution in [0, 0.1) is 41.4 Å². The Bertz CT molecular complexity index is 366. The highest BCUT2D eigenvalue weighted by atomic mass is 16.5. The topological polar surface area (TPSA) is 29.5 Å². The molecule has 0 radical (unpaired) electrons. The number of aliphatic hydroxyl groups is 1. The molecule has 0 aliphatic carbocycles. The van der Waals surface area contributed by atoms with Gasteiger partial charge in [0.1, 0.15) is 12.7 Å². The molecule has 0 rings (SSSR count). The second-order valence-corrected chi connectivity index (χ2v) is 4.32. The summed E-state index contributed by atoms with van der Waals surface area (Å²) < 4.78 is 5.26. The van der Waals surface area contributed by atoms with E-state index >= 15 is 0 Å². The molecule has 0 fully saturated rings. The van der Waals surface area contributed by atoms with Crippen molar-refractivity contribution in [2.45, 2.75) is 39.7 Å². The first-order valence-corrected chi connectivity index (χ1v) is 5.62. The van der Waals surface area contributed by atoms with Gasteiger partial charge in [-0.2, -0.15) is 0 Å². The Morgan fingerprint density at radius 3 is 2.59 bits per heavy atom. The van der Waals surface area contributed by atoms with Crippen molar-refractivity contribution in [3.05, 3.63) is 0 Å². The van der Waals surface area contributed by atoms with E-state index in [4.69, 9.17) is 11.2 Å². The molecule has 0 aromatic rings. The van der Waals surface area contributed by atoms with Crippen molar-refractivity contribution in [1.82, 2.24) is 0 Å². The van der Waals surface area contributed by atoms with Gasteiger partial charge in [0.25, 0.3) is 0 Å². The minimum absolute atomic E-state index is 0.380. The van der Waals surface area contributed by atoms with Gasteiger partial charge in [0.05, 0.1) is 6.61 Å². The summed E-state index contributed by atoms with van der Waals surface area (Å²) in [5, 5.41) is 9.54. The Morgan fingerprint density at radius 1 is 1.29 bits per heavy atom. The molecule has 92 valence electrons. The SMILES string of the molecule is C#CC(O)C(C)(C)CC#CCOCCC#CC. The Labute approximate surface area is 105 Å². The van der Waals surface area contributed by atoms with Crippen LogP contribution >= 0.6 is 0 Å². The van der Waals surface area contributed by atoms with E-state index in [1.165, 1.54) is 0 Å². The van der Waals surface area contributed by atoms with Gasteiger partial charge in [-0.15, -0.1) is 24.2 Å². The first-order chi connectivity index (χ1) is 8.04. The van der Waals surface area contributed by atoms with Crippen LogP contribution in [-0.4, -0.2) is 24.4 Å². The highest BCUT2D eigenvalue weighted by Gasteiger charge is 2.24. The molecule has 1 atom stereocenters. The summed E-state index contributed by atoms with van der Waals surface area (Å²) in [6, 6.07) is 0. The van der Waals surface area contributed by atoms with Crippen LogP contribution in [0.3, 0.4) is 0 Å². The van der Waals surface area contributed by atoms with Crippen LogP contribution in [0.25, 0.3) is 0 Å². The third-order valence-corrected chi connectivity index (χ3v) is 2.29. The van der Waals surface area contributed by atoms with Crippen LogP contribution in [0.2, 0.25) is 0 Å². The quantitative estimate of drug-likeness (QED) is 0.579. The molecule has 2 heteroatoms. The second kappa shape index (κ2) is 8.72. The van der Waals surface area contributed by atoms with Gasteiger partial charge in [0, 0.05) is 18.3 Å². The van der Waals surface area contributed by atoms with Crippen molar-refractivity contribution < 1.29 is 9.84 Å². The zero-order valence-corrected chi connectivity index (χ0v) is 10.8. The largest absolute Gasteiger partial charge is 0.380 e. The summed E-state index contributed by atoms with van der Waals surface area (Å²) in [6.45, 7) is 6.59. The number of ether oxygens (including phenoxy) is 1. The molecule has 0 saturated heterocycles. The van der Waals surface area contributed by atoms with Crippen LogP contribution in [0.4, 0.5) is 0 Å². The van der Waals surface area contributed by atoms with Crippen molar-refractivity contribution >= 4 is 0 Å². The zero-order chi connectivity index (χ0) is 13.1. The van der Waals surface area contributed by atoms with Gasteiger partial charge in [0.2, 0.25) is 0 Å². The van der Waals surface area contributed by atoms with Crippen molar-refractivity contribution in [1.29, 1.82) is 0 Å². The van der Waals surface area contributed by atoms with Crippen molar-refractivity contribution in [2.24, 2.45) is 5.41 Å². The number of hydrogen-bond acceptors (Lipinski definition) is 2. The van der Waals surface area contributed by atoms with Crippen LogP contribution in [0.15, 0.2) is 0 Å². The molecule has 0 aliphatic heterocycles. The summed E-state index contributed by atoms with van der Waals surface area (Å²) in [5.74, 6) is 13.9. The maximum absolute atomic E-state index is 9.54. The lowest BCUT2D eigenvalue weighted by Crippen LogP contribution is -2.27. The first kappa shape index (κ1) is 15.6. The predicted molar refractivity (Wildman–Crippen MR) is 69.9 cm³/mol. The van der Waals surface area contributed by atoms with E-state index in [-0.39, 0.29) is 5.41 Å². The number of hydrogen-bond donors (Lipinski definition) is 1. The lowest BCUT2D eigenvalue weighted by atomic mass is 9.84. The summed E-state index contributed by atoms with van der Waals surface area (Å²) in [7, 11) is 0. The molecular weight excluding hydrogens is 212 g/mol. The average Bonchev–Trinajstić information content (AvgIpc) is 2.31. The smallest absolute Gasteiger partial charge is 0.120 e. The van der Waals surface area contributed by atoms with Gasteiger partial charge in [-0.05, 0) is 6.92 Å². The van der Waals surface area contributed by atoms with Crippen molar-refractivity contribution in [2.75, 3.05) is 13.2 Å². The average molecular weight is 232 g/mol. The fraction of sp³-hybridized carbons (Fsp3) is 0.600. The highest BCUT2D eigenvalue weighted by molar-refractivity contribution is 5.08. The van der Waals surface area contributed by atoms with Crippen LogP contribution in [-0.2, 0) is 4.74 Å². The van der Waals surface area contributed by atoms with Gasteiger partial charge in [-0.3, -0.25) is 0 Å². The van der Waals surface area contributed by atoms with Crippen LogP contribution in [0.5, 0.6) is 0 Å². The van der Waals surface area contributed by atoms with E-state index in [1.807, 2.05) is 13.8 Å². The number of terminal acetylenes is 1. The standard InChI is InChI=1S/C15H20O2/c1-5-7-9-12-17-13-10-8-11-15(3,4)14(16)6-2/h2,14,16H,9,11-13H2,1,3-4H3. The van der Waals surface area contributed by atoms with E-state index in [0.717, 1.165) is 6.42 Å². The van der Waals surface area contributed by atoms with Gasteiger partial charge in [-0.1, -0.05) is 25.7 Å². The third kappa shape index (κ3) is 7.48. The summed E-state index contributed by atoms with van der Waals surface area (Å²) in [6.07, 6.45) is 5.69. The fourth-order valence-electron chi connectivity index (χ4n) is 1.04. The van der Waals surface area contributed by atoms with E-state index in [0.29, 0.717) is 19.6 Å². The lowest BCUT2D eigenvalue weighted by molar-refractivity contribution is 0.103. The highest BCUT2D eigenvalue weighted by Crippen LogP contribution is 2.23. The van der Waals surface area contributed by atoms with Crippen LogP contribution < -0.4 is 0 Å². The lowest BCUT2D eigenvalue weighted by Gasteiger charge is -2.24. The molecule has 1 N–H and O–H groups in total. The molecule has 1 unspecified atom stereocenters. The first-order valence-electron chi connectivity index (χ1n) is 5.62. The summed E-state index contributed by atoms with van der Waals surface area (Å²) in [5.41, 5.74) is -0.380. The van der Waals surface area contributed by atoms with Crippen molar-refractivity contribution in [3.8, 4) is 36.0 Å². The molecule has 0 aromatic carbocycles. The summed E-state index contributed by atoms with van der Waals surface area (Å²) >= 11 is 0. The van der Waals surface area contributed by atoms with E-state index in [2.05, 4.69) is 29.6 Å². The fourth-order valence-corrected chi connectivity index (χ4v) is 1.04. The van der Waals surface area contributed by atoms with E-state index < -0.39 is 6.10 Å². The van der Waals surface area contributed by atoms with Gasteiger partial charge < -0.3 is 9.84 Å². The molecule has 0 bridgehead atoms. The van der Waals surface area contributed by atoms with Gasteiger partial charge in [0.15, 0.2) is 0 Å². The minimum atomic E-state index is -0.766. The normalized spacial score (nSPS) is 11.5. The summed E-state index contributed by atoms with van der Waals surface area (Å²) in [4.78, 5) is 0. The van der Waals surface area contributed by atoms with E-state index in [9.17, 15) is 5.11 Å². The van der Waals surface area contributed by atoms with Crippen molar-refractivity contribution in [3.63, 3.8) is 0 Å². The number of aliphatic hydroxyl groups excluding tert-OH is 1.